The predicted octanol–water partition coefficient (Wildman–Crippen LogP) is 3.40. The second-order valence-corrected chi connectivity index (χ2v) is 5.37. The number of benzene rings is 1. The second-order valence-electron chi connectivity index (χ2n) is 5.37. The Morgan fingerprint density at radius 1 is 1.24 bits per heavy atom. The van der Waals surface area contributed by atoms with Crippen molar-refractivity contribution in [3.8, 4) is 5.75 Å². The maximum absolute atomic E-state index is 13.3. The van der Waals surface area contributed by atoms with Gasteiger partial charge in [0.25, 0.3) is 0 Å². The van der Waals surface area contributed by atoms with Gasteiger partial charge in [0, 0.05) is 35.5 Å². The average molecular weight is 288 g/mol. The van der Waals surface area contributed by atoms with Crippen LogP contribution >= 0.6 is 0 Å². The Labute approximate surface area is 125 Å². The molecule has 2 aromatic rings. The van der Waals surface area contributed by atoms with Crippen molar-refractivity contribution in [1.82, 2.24) is 4.98 Å². The average Bonchev–Trinajstić information content (AvgIpc) is 2.45. The molecule has 1 atom stereocenters. The number of nitrogens with two attached hydrogens (primary N) is 1. The third-order valence-electron chi connectivity index (χ3n) is 3.77. The first kappa shape index (κ1) is 15.4. The Morgan fingerprint density at radius 3 is 2.57 bits per heavy atom. The van der Waals surface area contributed by atoms with Gasteiger partial charge >= 0.3 is 0 Å². The Kier molecular flexibility index (Phi) is 4.58. The monoisotopic (exact) mass is 288 g/mol. The van der Waals surface area contributed by atoms with Gasteiger partial charge < -0.3 is 10.5 Å². The summed E-state index contributed by atoms with van der Waals surface area (Å²) >= 11 is 0. The SMILES string of the molecule is COc1c(C)cnc(CC(N)c2ccc(F)c(C)c2)c1C. The van der Waals surface area contributed by atoms with E-state index in [0.29, 0.717) is 12.0 Å². The van der Waals surface area contributed by atoms with E-state index in [1.54, 1.807) is 32.4 Å². The molecule has 0 spiro atoms. The number of methoxy groups -OCH3 is 1. The molecule has 0 radical (unpaired) electrons. The summed E-state index contributed by atoms with van der Waals surface area (Å²) in [6.45, 7) is 5.69. The maximum atomic E-state index is 13.3. The molecule has 0 saturated carbocycles. The van der Waals surface area contributed by atoms with E-state index in [1.165, 1.54) is 6.07 Å². The quantitative estimate of drug-likeness (QED) is 0.938. The molecule has 0 saturated heterocycles. The highest BCUT2D eigenvalue weighted by Gasteiger charge is 2.14. The first-order valence-corrected chi connectivity index (χ1v) is 6.94. The highest BCUT2D eigenvalue weighted by molar-refractivity contribution is 5.41. The molecule has 0 aliphatic heterocycles. The van der Waals surface area contributed by atoms with Crippen LogP contribution in [-0.2, 0) is 6.42 Å². The number of aromatic nitrogens is 1. The van der Waals surface area contributed by atoms with Gasteiger partial charge in [0.2, 0.25) is 0 Å². The molecular formula is C17H21FN2O. The molecule has 1 unspecified atom stereocenters. The minimum absolute atomic E-state index is 0.211. The van der Waals surface area contributed by atoms with E-state index in [9.17, 15) is 4.39 Å². The number of halogens is 1. The van der Waals surface area contributed by atoms with Crippen molar-refractivity contribution in [1.29, 1.82) is 0 Å². The van der Waals surface area contributed by atoms with Gasteiger partial charge in [-0.25, -0.2) is 4.39 Å². The molecule has 2 N–H and O–H groups in total. The van der Waals surface area contributed by atoms with Gasteiger partial charge in [-0.1, -0.05) is 12.1 Å². The number of pyridine rings is 1. The molecule has 1 heterocycles. The predicted molar refractivity (Wildman–Crippen MR) is 82.0 cm³/mol. The molecule has 0 aliphatic carbocycles. The standard InChI is InChI=1S/C17H21FN2O/c1-10-7-13(5-6-14(10)18)15(19)8-16-12(3)17(21-4)11(2)9-20-16/h5-7,9,15H,8,19H2,1-4H3. The van der Waals surface area contributed by atoms with Crippen molar-refractivity contribution in [3.63, 3.8) is 0 Å². The van der Waals surface area contributed by atoms with Crippen LogP contribution in [0.1, 0.15) is 34.0 Å². The number of hydrogen-bond acceptors (Lipinski definition) is 3. The van der Waals surface area contributed by atoms with Crippen molar-refractivity contribution in [2.75, 3.05) is 7.11 Å². The summed E-state index contributed by atoms with van der Waals surface area (Å²) in [6.07, 6.45) is 2.39. The normalized spacial score (nSPS) is 12.3. The van der Waals surface area contributed by atoms with Crippen molar-refractivity contribution < 1.29 is 9.13 Å². The van der Waals surface area contributed by atoms with Crippen molar-refractivity contribution in [2.24, 2.45) is 5.73 Å². The molecule has 0 bridgehead atoms. The number of hydrogen-bond donors (Lipinski definition) is 1. The van der Waals surface area contributed by atoms with E-state index in [4.69, 9.17) is 10.5 Å². The highest BCUT2D eigenvalue weighted by Crippen LogP contribution is 2.27. The van der Waals surface area contributed by atoms with Crippen LogP contribution in [0.4, 0.5) is 4.39 Å². The van der Waals surface area contributed by atoms with E-state index in [2.05, 4.69) is 4.98 Å². The fraction of sp³-hybridized carbons (Fsp3) is 0.353. The first-order chi connectivity index (χ1) is 9.93. The van der Waals surface area contributed by atoms with Gasteiger partial charge in [0.1, 0.15) is 11.6 Å². The van der Waals surface area contributed by atoms with Crippen LogP contribution in [0.15, 0.2) is 24.4 Å². The summed E-state index contributed by atoms with van der Waals surface area (Å²) in [5.74, 6) is 0.639. The van der Waals surface area contributed by atoms with Crippen LogP contribution in [0.5, 0.6) is 5.75 Å². The van der Waals surface area contributed by atoms with Crippen molar-refractivity contribution in [2.45, 2.75) is 33.2 Å². The maximum Gasteiger partial charge on any atom is 0.128 e. The zero-order valence-corrected chi connectivity index (χ0v) is 12.9. The zero-order chi connectivity index (χ0) is 15.6. The van der Waals surface area contributed by atoms with Gasteiger partial charge in [0.15, 0.2) is 0 Å². The lowest BCUT2D eigenvalue weighted by molar-refractivity contribution is 0.406. The summed E-state index contributed by atoms with van der Waals surface area (Å²) < 4.78 is 18.7. The molecule has 2 rings (SSSR count). The fourth-order valence-electron chi connectivity index (χ4n) is 2.50. The number of ether oxygens (including phenoxy) is 1. The van der Waals surface area contributed by atoms with Crippen LogP contribution in [0.2, 0.25) is 0 Å². The molecule has 3 nitrogen and oxygen atoms in total. The fourth-order valence-corrected chi connectivity index (χ4v) is 2.50. The highest BCUT2D eigenvalue weighted by atomic mass is 19.1. The second kappa shape index (κ2) is 6.22. The van der Waals surface area contributed by atoms with Crippen molar-refractivity contribution >= 4 is 0 Å². The van der Waals surface area contributed by atoms with Crippen LogP contribution < -0.4 is 10.5 Å². The molecule has 1 aromatic carbocycles. The third-order valence-corrected chi connectivity index (χ3v) is 3.77. The summed E-state index contributed by atoms with van der Waals surface area (Å²) in [5, 5.41) is 0. The van der Waals surface area contributed by atoms with E-state index in [-0.39, 0.29) is 11.9 Å². The van der Waals surface area contributed by atoms with E-state index in [1.807, 2.05) is 13.8 Å². The number of nitrogens with zero attached hydrogens (tertiary/aromatic N) is 1. The molecule has 0 amide bonds. The lowest BCUT2D eigenvalue weighted by Gasteiger charge is -2.16. The Morgan fingerprint density at radius 2 is 1.95 bits per heavy atom. The van der Waals surface area contributed by atoms with Gasteiger partial charge in [-0.05, 0) is 38.0 Å². The van der Waals surface area contributed by atoms with Crippen LogP contribution in [0.3, 0.4) is 0 Å². The lowest BCUT2D eigenvalue weighted by atomic mass is 9.98. The molecule has 1 aromatic heterocycles. The van der Waals surface area contributed by atoms with E-state index in [0.717, 1.165) is 28.1 Å². The zero-order valence-electron chi connectivity index (χ0n) is 12.9. The molecule has 0 fully saturated rings. The summed E-state index contributed by atoms with van der Waals surface area (Å²) in [5.41, 5.74) is 10.7. The smallest absolute Gasteiger partial charge is 0.128 e. The van der Waals surface area contributed by atoms with Gasteiger partial charge in [-0.2, -0.15) is 0 Å². The van der Waals surface area contributed by atoms with Gasteiger partial charge in [-0.3, -0.25) is 4.98 Å². The summed E-state index contributed by atoms with van der Waals surface area (Å²) in [4.78, 5) is 4.46. The Hall–Kier alpha value is -1.94. The van der Waals surface area contributed by atoms with E-state index < -0.39 is 0 Å². The lowest BCUT2D eigenvalue weighted by Crippen LogP contribution is -2.15. The van der Waals surface area contributed by atoms with E-state index >= 15 is 0 Å². The van der Waals surface area contributed by atoms with Gasteiger partial charge in [-0.15, -0.1) is 0 Å². The molecular weight excluding hydrogens is 267 g/mol. The van der Waals surface area contributed by atoms with Crippen LogP contribution in [0, 0.1) is 26.6 Å². The first-order valence-electron chi connectivity index (χ1n) is 6.94. The topological polar surface area (TPSA) is 48.1 Å². The largest absolute Gasteiger partial charge is 0.496 e. The Bertz CT molecular complexity index is 655. The molecule has 112 valence electrons. The summed E-state index contributed by atoms with van der Waals surface area (Å²) in [6, 6.07) is 4.76. The van der Waals surface area contributed by atoms with Crippen LogP contribution in [0.25, 0.3) is 0 Å². The van der Waals surface area contributed by atoms with Crippen molar-refractivity contribution in [3.05, 3.63) is 58.2 Å². The molecule has 21 heavy (non-hydrogen) atoms. The third kappa shape index (κ3) is 3.22. The minimum atomic E-state index is -0.220. The Balaban J connectivity index is 2.27. The summed E-state index contributed by atoms with van der Waals surface area (Å²) in [7, 11) is 1.66. The van der Waals surface area contributed by atoms with Crippen LogP contribution in [-0.4, -0.2) is 12.1 Å². The molecule has 4 heteroatoms. The van der Waals surface area contributed by atoms with Gasteiger partial charge in [0.05, 0.1) is 7.11 Å². The number of rotatable bonds is 4. The minimum Gasteiger partial charge on any atom is -0.496 e. The molecule has 0 aliphatic rings. The number of aryl methyl sites for hydroxylation is 2.